The number of aromatic nitrogens is 2. The van der Waals surface area contributed by atoms with Crippen LogP contribution in [0.4, 0.5) is 0 Å². The van der Waals surface area contributed by atoms with Crippen LogP contribution < -0.4 is 14.8 Å². The first-order chi connectivity index (χ1) is 9.67. The summed E-state index contributed by atoms with van der Waals surface area (Å²) < 4.78 is 15.7. The third-order valence-electron chi connectivity index (χ3n) is 2.93. The van der Waals surface area contributed by atoms with E-state index in [0.29, 0.717) is 23.2 Å². The molecule has 0 aliphatic carbocycles. The molecular weight excluding hydrogens is 258 g/mol. The third kappa shape index (κ3) is 3.08. The maximum absolute atomic E-state index is 5.28. The van der Waals surface area contributed by atoms with E-state index < -0.39 is 0 Å². The molecule has 1 heterocycles. The summed E-state index contributed by atoms with van der Waals surface area (Å²) in [5.74, 6) is 2.45. The van der Waals surface area contributed by atoms with Crippen molar-refractivity contribution in [2.75, 3.05) is 20.8 Å². The number of nitrogens with zero attached hydrogens (tertiary/aromatic N) is 2. The van der Waals surface area contributed by atoms with E-state index >= 15 is 0 Å². The quantitative estimate of drug-likeness (QED) is 0.874. The van der Waals surface area contributed by atoms with Gasteiger partial charge in [-0.3, -0.25) is 0 Å². The molecule has 2 aromatic rings. The van der Waals surface area contributed by atoms with Crippen molar-refractivity contribution in [1.29, 1.82) is 0 Å². The molecule has 0 bridgehead atoms. The van der Waals surface area contributed by atoms with Gasteiger partial charge >= 0.3 is 0 Å². The van der Waals surface area contributed by atoms with Gasteiger partial charge in [-0.25, -0.2) is 0 Å². The number of nitrogens with one attached hydrogen (secondary N) is 1. The lowest BCUT2D eigenvalue weighted by molar-refractivity contribution is 0.342. The van der Waals surface area contributed by atoms with E-state index in [9.17, 15) is 0 Å². The Morgan fingerprint density at radius 3 is 2.40 bits per heavy atom. The van der Waals surface area contributed by atoms with Crippen molar-refractivity contribution in [3.63, 3.8) is 0 Å². The van der Waals surface area contributed by atoms with E-state index in [1.165, 1.54) is 0 Å². The molecule has 0 saturated carbocycles. The first-order valence-corrected chi connectivity index (χ1v) is 6.48. The smallest absolute Gasteiger partial charge is 0.243 e. The zero-order valence-electron chi connectivity index (χ0n) is 12.1. The van der Waals surface area contributed by atoms with Crippen LogP contribution in [0, 0.1) is 0 Å². The fraction of sp³-hybridized carbons (Fsp3) is 0.429. The average molecular weight is 277 g/mol. The molecule has 0 aliphatic heterocycles. The molecule has 0 saturated heterocycles. The van der Waals surface area contributed by atoms with Gasteiger partial charge in [-0.1, -0.05) is 12.1 Å². The van der Waals surface area contributed by atoms with Gasteiger partial charge in [0.15, 0.2) is 0 Å². The lowest BCUT2D eigenvalue weighted by atomic mass is 10.2. The highest BCUT2D eigenvalue weighted by Gasteiger charge is 2.15. The second kappa shape index (κ2) is 6.38. The number of rotatable bonds is 6. The topological polar surface area (TPSA) is 69.4 Å². The minimum Gasteiger partial charge on any atom is -0.497 e. The van der Waals surface area contributed by atoms with E-state index in [-0.39, 0.29) is 6.04 Å². The summed E-state index contributed by atoms with van der Waals surface area (Å²) >= 11 is 0. The lowest BCUT2D eigenvalue weighted by Gasteiger charge is -2.06. The third-order valence-corrected chi connectivity index (χ3v) is 2.93. The molecule has 2 rings (SSSR count). The van der Waals surface area contributed by atoms with Gasteiger partial charge in [0, 0.05) is 11.6 Å². The fourth-order valence-electron chi connectivity index (χ4n) is 1.86. The summed E-state index contributed by atoms with van der Waals surface area (Å²) in [6.45, 7) is 4.85. The maximum Gasteiger partial charge on any atom is 0.243 e. The number of hydrogen-bond acceptors (Lipinski definition) is 6. The van der Waals surface area contributed by atoms with E-state index in [1.807, 2.05) is 26.0 Å². The van der Waals surface area contributed by atoms with Gasteiger partial charge in [0.1, 0.15) is 11.5 Å². The molecule has 0 spiro atoms. The molecule has 1 atom stereocenters. The zero-order valence-corrected chi connectivity index (χ0v) is 12.1. The van der Waals surface area contributed by atoms with E-state index in [2.05, 4.69) is 15.5 Å². The van der Waals surface area contributed by atoms with Crippen LogP contribution in [0.15, 0.2) is 22.7 Å². The van der Waals surface area contributed by atoms with Crippen LogP contribution in [0.25, 0.3) is 11.4 Å². The van der Waals surface area contributed by atoms with Gasteiger partial charge in [0.05, 0.1) is 20.3 Å². The summed E-state index contributed by atoms with van der Waals surface area (Å²) in [7, 11) is 3.21. The molecule has 1 aromatic carbocycles. The molecule has 0 fully saturated rings. The maximum atomic E-state index is 5.28. The van der Waals surface area contributed by atoms with Crippen LogP contribution in [0.2, 0.25) is 0 Å². The molecule has 1 unspecified atom stereocenters. The highest BCUT2D eigenvalue weighted by molar-refractivity contribution is 5.60. The number of ether oxygens (including phenoxy) is 2. The largest absolute Gasteiger partial charge is 0.497 e. The van der Waals surface area contributed by atoms with Crippen molar-refractivity contribution in [3.8, 4) is 22.9 Å². The number of hydrogen-bond donors (Lipinski definition) is 1. The van der Waals surface area contributed by atoms with Crippen LogP contribution in [0.1, 0.15) is 25.8 Å². The molecule has 0 amide bonds. The van der Waals surface area contributed by atoms with E-state index in [4.69, 9.17) is 14.0 Å². The van der Waals surface area contributed by atoms with Crippen molar-refractivity contribution in [3.05, 3.63) is 24.1 Å². The van der Waals surface area contributed by atoms with Crippen LogP contribution in [0.5, 0.6) is 11.5 Å². The number of benzene rings is 1. The highest BCUT2D eigenvalue weighted by Crippen LogP contribution is 2.28. The van der Waals surface area contributed by atoms with Gasteiger partial charge in [-0.05, 0) is 25.6 Å². The van der Waals surface area contributed by atoms with Crippen LogP contribution in [-0.4, -0.2) is 30.9 Å². The van der Waals surface area contributed by atoms with Crippen molar-refractivity contribution in [1.82, 2.24) is 15.5 Å². The minimum absolute atomic E-state index is 0.0220. The highest BCUT2D eigenvalue weighted by atomic mass is 16.5. The van der Waals surface area contributed by atoms with Gasteiger partial charge in [0.2, 0.25) is 11.7 Å². The normalized spacial score (nSPS) is 12.2. The summed E-state index contributed by atoms with van der Waals surface area (Å²) in [5, 5.41) is 7.23. The zero-order chi connectivity index (χ0) is 14.5. The Morgan fingerprint density at radius 2 is 1.85 bits per heavy atom. The van der Waals surface area contributed by atoms with Gasteiger partial charge in [0.25, 0.3) is 0 Å². The van der Waals surface area contributed by atoms with Crippen molar-refractivity contribution in [2.45, 2.75) is 19.9 Å². The number of methoxy groups -OCH3 is 2. The predicted molar refractivity (Wildman–Crippen MR) is 74.9 cm³/mol. The lowest BCUT2D eigenvalue weighted by Crippen LogP contribution is -2.17. The standard InChI is InChI=1S/C14H19N3O3/c1-5-15-9(2)14-16-13(17-20-14)10-6-11(18-3)8-12(7-10)19-4/h6-9,15H,5H2,1-4H3. The molecule has 6 heteroatoms. The average Bonchev–Trinajstić information content (AvgIpc) is 2.97. The summed E-state index contributed by atoms with van der Waals surface area (Å²) in [6.07, 6.45) is 0. The summed E-state index contributed by atoms with van der Waals surface area (Å²) in [6, 6.07) is 5.50. The monoisotopic (exact) mass is 277 g/mol. The second-order valence-electron chi connectivity index (χ2n) is 4.34. The van der Waals surface area contributed by atoms with Gasteiger partial charge < -0.3 is 19.3 Å². The Balaban J connectivity index is 2.31. The van der Waals surface area contributed by atoms with Crippen LogP contribution in [-0.2, 0) is 0 Å². The van der Waals surface area contributed by atoms with Crippen molar-refractivity contribution in [2.24, 2.45) is 0 Å². The Labute approximate surface area is 118 Å². The molecule has 108 valence electrons. The summed E-state index contributed by atoms with van der Waals surface area (Å²) in [5.41, 5.74) is 0.792. The van der Waals surface area contributed by atoms with Crippen LogP contribution in [0.3, 0.4) is 0 Å². The van der Waals surface area contributed by atoms with Gasteiger partial charge in [-0.2, -0.15) is 4.98 Å². The first kappa shape index (κ1) is 14.3. The molecule has 1 aromatic heterocycles. The minimum atomic E-state index is 0.0220. The van der Waals surface area contributed by atoms with E-state index in [0.717, 1.165) is 12.1 Å². The summed E-state index contributed by atoms with van der Waals surface area (Å²) in [4.78, 5) is 4.40. The molecule has 1 N–H and O–H groups in total. The second-order valence-corrected chi connectivity index (χ2v) is 4.34. The molecule has 20 heavy (non-hydrogen) atoms. The predicted octanol–water partition coefficient (Wildman–Crippen LogP) is 2.42. The molecule has 0 aliphatic rings. The Bertz CT molecular complexity index is 546. The van der Waals surface area contributed by atoms with Crippen LogP contribution >= 0.6 is 0 Å². The Hall–Kier alpha value is -2.08. The molecule has 0 radical (unpaired) electrons. The molecular formula is C14H19N3O3. The first-order valence-electron chi connectivity index (χ1n) is 6.48. The van der Waals surface area contributed by atoms with Gasteiger partial charge in [-0.15, -0.1) is 0 Å². The molecule has 6 nitrogen and oxygen atoms in total. The SMILES string of the molecule is CCNC(C)c1nc(-c2cc(OC)cc(OC)c2)no1. The Morgan fingerprint density at radius 1 is 1.20 bits per heavy atom. The Kier molecular flexibility index (Phi) is 4.57. The van der Waals surface area contributed by atoms with E-state index in [1.54, 1.807) is 20.3 Å². The van der Waals surface area contributed by atoms with Crippen molar-refractivity contribution < 1.29 is 14.0 Å². The van der Waals surface area contributed by atoms with Crippen molar-refractivity contribution >= 4 is 0 Å². The fourth-order valence-corrected chi connectivity index (χ4v) is 1.86.